The molecule has 1 fully saturated rings. The van der Waals surface area contributed by atoms with Crippen LogP contribution in [-0.2, 0) is 4.79 Å². The van der Waals surface area contributed by atoms with Crippen LogP contribution in [0.2, 0.25) is 0 Å². The molecule has 88 valence electrons. The SMILES string of the molecule is CNCCCC(=O)NCC1CCCCS1. The zero-order valence-electron chi connectivity index (χ0n) is 9.55. The number of rotatable bonds is 6. The van der Waals surface area contributed by atoms with Gasteiger partial charge in [-0.2, -0.15) is 11.8 Å². The topological polar surface area (TPSA) is 41.1 Å². The van der Waals surface area contributed by atoms with Gasteiger partial charge in [0, 0.05) is 18.2 Å². The van der Waals surface area contributed by atoms with Crippen molar-refractivity contribution < 1.29 is 4.79 Å². The molecule has 1 aliphatic heterocycles. The highest BCUT2D eigenvalue weighted by molar-refractivity contribution is 7.99. The van der Waals surface area contributed by atoms with Crippen LogP contribution in [0.5, 0.6) is 0 Å². The van der Waals surface area contributed by atoms with Gasteiger partial charge in [-0.05, 0) is 38.6 Å². The third kappa shape index (κ3) is 6.05. The lowest BCUT2D eigenvalue weighted by molar-refractivity contribution is -0.121. The van der Waals surface area contributed by atoms with Crippen molar-refractivity contribution in [1.29, 1.82) is 0 Å². The van der Waals surface area contributed by atoms with Gasteiger partial charge in [0.25, 0.3) is 0 Å². The van der Waals surface area contributed by atoms with Crippen molar-refractivity contribution in [3.8, 4) is 0 Å². The molecular formula is C11H22N2OS. The molecule has 1 aliphatic rings. The predicted octanol–water partition coefficient (Wildman–Crippen LogP) is 1.39. The maximum absolute atomic E-state index is 11.4. The molecule has 1 rings (SSSR count). The van der Waals surface area contributed by atoms with Crippen LogP contribution in [-0.4, -0.2) is 37.0 Å². The second-order valence-electron chi connectivity index (χ2n) is 4.00. The Labute approximate surface area is 96.8 Å². The zero-order valence-corrected chi connectivity index (χ0v) is 10.4. The van der Waals surface area contributed by atoms with Gasteiger partial charge in [-0.15, -0.1) is 0 Å². The Morgan fingerprint density at radius 3 is 3.00 bits per heavy atom. The molecule has 1 atom stereocenters. The molecule has 2 N–H and O–H groups in total. The monoisotopic (exact) mass is 230 g/mol. The van der Waals surface area contributed by atoms with Crippen LogP contribution in [0.25, 0.3) is 0 Å². The lowest BCUT2D eigenvalue weighted by Gasteiger charge is -2.21. The van der Waals surface area contributed by atoms with Crippen LogP contribution >= 0.6 is 11.8 Å². The lowest BCUT2D eigenvalue weighted by atomic mass is 10.2. The Bertz CT molecular complexity index is 181. The Morgan fingerprint density at radius 1 is 1.47 bits per heavy atom. The number of amides is 1. The smallest absolute Gasteiger partial charge is 0.220 e. The standard InChI is InChI=1S/C11H22N2OS/c1-12-7-4-6-11(14)13-9-10-5-2-3-8-15-10/h10,12H,2-9H2,1H3,(H,13,14). The van der Waals surface area contributed by atoms with Crippen molar-refractivity contribution in [2.24, 2.45) is 0 Å². The van der Waals surface area contributed by atoms with E-state index >= 15 is 0 Å². The molecule has 0 aliphatic carbocycles. The van der Waals surface area contributed by atoms with E-state index in [0.717, 1.165) is 19.5 Å². The summed E-state index contributed by atoms with van der Waals surface area (Å²) in [4.78, 5) is 11.4. The molecule has 0 radical (unpaired) electrons. The van der Waals surface area contributed by atoms with Gasteiger partial charge in [0.2, 0.25) is 5.91 Å². The van der Waals surface area contributed by atoms with Gasteiger partial charge in [-0.1, -0.05) is 6.42 Å². The van der Waals surface area contributed by atoms with Crippen molar-refractivity contribution in [1.82, 2.24) is 10.6 Å². The van der Waals surface area contributed by atoms with Gasteiger partial charge in [0.15, 0.2) is 0 Å². The van der Waals surface area contributed by atoms with E-state index in [1.165, 1.54) is 25.0 Å². The second-order valence-corrected chi connectivity index (χ2v) is 5.41. The molecule has 0 bridgehead atoms. The number of hydrogen-bond donors (Lipinski definition) is 2. The molecule has 0 spiro atoms. The third-order valence-electron chi connectivity index (χ3n) is 2.63. The second kappa shape index (κ2) is 7.99. The highest BCUT2D eigenvalue weighted by Gasteiger charge is 2.14. The molecule has 15 heavy (non-hydrogen) atoms. The predicted molar refractivity (Wildman–Crippen MR) is 66.3 cm³/mol. The summed E-state index contributed by atoms with van der Waals surface area (Å²) in [6.45, 7) is 1.79. The van der Waals surface area contributed by atoms with Crippen LogP contribution in [0.4, 0.5) is 0 Å². The normalized spacial score (nSPS) is 21.3. The average molecular weight is 230 g/mol. The number of carbonyl (C=O) groups is 1. The van der Waals surface area contributed by atoms with E-state index < -0.39 is 0 Å². The molecular weight excluding hydrogens is 208 g/mol. The molecule has 0 saturated carbocycles. The molecule has 1 heterocycles. The average Bonchev–Trinajstić information content (AvgIpc) is 2.28. The third-order valence-corrected chi connectivity index (χ3v) is 4.03. The van der Waals surface area contributed by atoms with Crippen molar-refractivity contribution in [2.45, 2.75) is 37.4 Å². The minimum absolute atomic E-state index is 0.205. The fourth-order valence-electron chi connectivity index (χ4n) is 1.71. The first-order valence-corrected chi connectivity index (χ1v) is 6.90. The summed E-state index contributed by atoms with van der Waals surface area (Å²) in [5.41, 5.74) is 0. The van der Waals surface area contributed by atoms with Crippen LogP contribution in [0.15, 0.2) is 0 Å². The number of carbonyl (C=O) groups excluding carboxylic acids is 1. The van der Waals surface area contributed by atoms with Gasteiger partial charge in [0.1, 0.15) is 0 Å². The number of nitrogens with one attached hydrogen (secondary N) is 2. The molecule has 0 aromatic carbocycles. The van der Waals surface area contributed by atoms with E-state index in [1.54, 1.807) is 0 Å². The Morgan fingerprint density at radius 2 is 2.33 bits per heavy atom. The van der Waals surface area contributed by atoms with Gasteiger partial charge in [0.05, 0.1) is 0 Å². The van der Waals surface area contributed by atoms with E-state index in [-0.39, 0.29) is 5.91 Å². The Kier molecular flexibility index (Phi) is 6.85. The molecule has 1 saturated heterocycles. The summed E-state index contributed by atoms with van der Waals surface area (Å²) in [6, 6.07) is 0. The summed E-state index contributed by atoms with van der Waals surface area (Å²) in [6.07, 6.45) is 5.52. The zero-order chi connectivity index (χ0) is 10.9. The van der Waals surface area contributed by atoms with Crippen LogP contribution < -0.4 is 10.6 Å². The molecule has 0 aromatic heterocycles. The minimum Gasteiger partial charge on any atom is -0.355 e. The summed E-state index contributed by atoms with van der Waals surface area (Å²) in [7, 11) is 1.91. The maximum Gasteiger partial charge on any atom is 0.220 e. The highest BCUT2D eigenvalue weighted by atomic mass is 32.2. The van der Waals surface area contributed by atoms with Crippen molar-refractivity contribution >= 4 is 17.7 Å². The largest absolute Gasteiger partial charge is 0.355 e. The maximum atomic E-state index is 11.4. The quantitative estimate of drug-likeness (QED) is 0.678. The first-order valence-electron chi connectivity index (χ1n) is 5.86. The fraction of sp³-hybridized carbons (Fsp3) is 0.909. The first kappa shape index (κ1) is 12.8. The van der Waals surface area contributed by atoms with Gasteiger partial charge in [-0.25, -0.2) is 0 Å². The van der Waals surface area contributed by atoms with Crippen molar-refractivity contribution in [3.63, 3.8) is 0 Å². The Hall–Kier alpha value is -0.220. The van der Waals surface area contributed by atoms with Crippen LogP contribution in [0.1, 0.15) is 32.1 Å². The van der Waals surface area contributed by atoms with Crippen LogP contribution in [0, 0.1) is 0 Å². The first-order chi connectivity index (χ1) is 7.33. The van der Waals surface area contributed by atoms with E-state index in [9.17, 15) is 4.79 Å². The van der Waals surface area contributed by atoms with Crippen molar-refractivity contribution in [2.75, 3.05) is 25.9 Å². The van der Waals surface area contributed by atoms with Crippen LogP contribution in [0.3, 0.4) is 0 Å². The molecule has 4 heteroatoms. The van der Waals surface area contributed by atoms with E-state index in [1.807, 2.05) is 18.8 Å². The lowest BCUT2D eigenvalue weighted by Crippen LogP contribution is -2.32. The number of thioether (sulfide) groups is 1. The van der Waals surface area contributed by atoms with E-state index in [0.29, 0.717) is 11.7 Å². The summed E-state index contributed by atoms with van der Waals surface area (Å²) < 4.78 is 0. The van der Waals surface area contributed by atoms with Crippen molar-refractivity contribution in [3.05, 3.63) is 0 Å². The van der Waals surface area contributed by atoms with Gasteiger partial charge < -0.3 is 10.6 Å². The van der Waals surface area contributed by atoms with Gasteiger partial charge >= 0.3 is 0 Å². The van der Waals surface area contributed by atoms with E-state index in [2.05, 4.69) is 10.6 Å². The fourth-order valence-corrected chi connectivity index (χ4v) is 2.95. The van der Waals surface area contributed by atoms with E-state index in [4.69, 9.17) is 0 Å². The molecule has 0 aromatic rings. The minimum atomic E-state index is 0.205. The molecule has 1 amide bonds. The summed E-state index contributed by atoms with van der Waals surface area (Å²) >= 11 is 2.01. The molecule has 3 nitrogen and oxygen atoms in total. The summed E-state index contributed by atoms with van der Waals surface area (Å²) in [5, 5.41) is 6.73. The molecule has 1 unspecified atom stereocenters. The Balaban J connectivity index is 2.00. The highest BCUT2D eigenvalue weighted by Crippen LogP contribution is 2.24. The number of hydrogen-bond acceptors (Lipinski definition) is 3. The summed E-state index contributed by atoms with van der Waals surface area (Å²) in [5.74, 6) is 1.47. The van der Waals surface area contributed by atoms with Gasteiger partial charge in [-0.3, -0.25) is 4.79 Å².